The average Bonchev–Trinajstić information content (AvgIpc) is 2.62. The van der Waals surface area contributed by atoms with Crippen molar-refractivity contribution in [2.24, 2.45) is 0 Å². The third-order valence-electron chi connectivity index (χ3n) is 3.54. The van der Waals surface area contributed by atoms with Crippen LogP contribution >= 0.6 is 23.2 Å². The third kappa shape index (κ3) is 5.80. The highest BCUT2D eigenvalue weighted by molar-refractivity contribution is 6.35. The van der Waals surface area contributed by atoms with E-state index in [2.05, 4.69) is 5.32 Å². The summed E-state index contributed by atoms with van der Waals surface area (Å²) in [4.78, 5) is 25.5. The van der Waals surface area contributed by atoms with E-state index < -0.39 is 29.1 Å². The first-order chi connectivity index (χ1) is 12.8. The molecule has 9 heteroatoms. The number of carbonyl (C=O) groups is 2. The van der Waals surface area contributed by atoms with Gasteiger partial charge in [-0.2, -0.15) is 0 Å². The van der Waals surface area contributed by atoms with Crippen molar-refractivity contribution in [3.63, 3.8) is 0 Å². The van der Waals surface area contributed by atoms with E-state index in [4.69, 9.17) is 27.9 Å². The molecule has 5 nitrogen and oxygen atoms in total. The van der Waals surface area contributed by atoms with Crippen LogP contribution in [0.5, 0.6) is 5.75 Å². The second-order valence-electron chi connectivity index (χ2n) is 5.42. The van der Waals surface area contributed by atoms with Crippen molar-refractivity contribution >= 4 is 40.7 Å². The van der Waals surface area contributed by atoms with Crippen LogP contribution in [0.2, 0.25) is 10.0 Å². The van der Waals surface area contributed by atoms with Crippen LogP contribution in [0.3, 0.4) is 0 Å². The maximum absolute atomic E-state index is 13.6. The van der Waals surface area contributed by atoms with E-state index in [0.29, 0.717) is 5.02 Å². The lowest BCUT2D eigenvalue weighted by molar-refractivity contribution is -0.136. The number of ether oxygens (including phenoxy) is 1. The van der Waals surface area contributed by atoms with Crippen LogP contribution in [0.25, 0.3) is 0 Å². The fraction of sp³-hybridized carbons (Fsp3) is 0.222. The Morgan fingerprint density at radius 3 is 2.41 bits per heavy atom. The van der Waals surface area contributed by atoms with Gasteiger partial charge >= 0.3 is 0 Å². The van der Waals surface area contributed by atoms with Gasteiger partial charge < -0.3 is 15.0 Å². The molecule has 0 aromatic heterocycles. The molecule has 0 aliphatic carbocycles. The molecule has 0 fully saturated rings. The van der Waals surface area contributed by atoms with Crippen LogP contribution in [0.15, 0.2) is 36.4 Å². The molecule has 2 amide bonds. The standard InChI is InChI=1S/C18H16Cl2F2N2O3/c1-2-24(9-16(25)23-18-13(21)4-3-5-14(18)22)17(26)10-27-15-7-6-11(19)8-12(15)20/h3-8H,2,9-10H2,1H3,(H,23,25). The quantitative estimate of drug-likeness (QED) is 0.737. The molecule has 0 saturated carbocycles. The number of hydrogen-bond acceptors (Lipinski definition) is 3. The number of carbonyl (C=O) groups excluding carboxylic acids is 2. The van der Waals surface area contributed by atoms with E-state index in [1.54, 1.807) is 13.0 Å². The normalized spacial score (nSPS) is 10.4. The summed E-state index contributed by atoms with van der Waals surface area (Å²) in [5.74, 6) is -2.77. The molecule has 144 valence electrons. The van der Waals surface area contributed by atoms with Gasteiger partial charge in [-0.3, -0.25) is 9.59 Å². The monoisotopic (exact) mass is 416 g/mol. The summed E-state index contributed by atoms with van der Waals surface area (Å²) in [6, 6.07) is 7.76. The number of nitrogens with one attached hydrogen (secondary N) is 1. The van der Waals surface area contributed by atoms with Gasteiger partial charge in [-0.25, -0.2) is 8.78 Å². The Morgan fingerprint density at radius 2 is 1.81 bits per heavy atom. The molecule has 0 atom stereocenters. The maximum Gasteiger partial charge on any atom is 0.260 e. The Hall–Kier alpha value is -2.38. The lowest BCUT2D eigenvalue weighted by atomic mass is 10.3. The Kier molecular flexibility index (Phi) is 7.38. The van der Waals surface area contributed by atoms with Gasteiger partial charge in [-0.15, -0.1) is 0 Å². The molecule has 2 aromatic rings. The lowest BCUT2D eigenvalue weighted by Gasteiger charge is -2.21. The highest BCUT2D eigenvalue weighted by Gasteiger charge is 2.19. The third-order valence-corrected chi connectivity index (χ3v) is 4.07. The Labute approximate surface area is 164 Å². The fourth-order valence-electron chi connectivity index (χ4n) is 2.17. The number of para-hydroxylation sites is 1. The number of rotatable bonds is 7. The molecular formula is C18H16Cl2F2N2O3. The Balaban J connectivity index is 1.95. The van der Waals surface area contributed by atoms with Crippen molar-refractivity contribution < 1.29 is 23.1 Å². The van der Waals surface area contributed by atoms with Crippen molar-refractivity contribution in [2.45, 2.75) is 6.92 Å². The van der Waals surface area contributed by atoms with Crippen molar-refractivity contribution in [1.82, 2.24) is 4.90 Å². The van der Waals surface area contributed by atoms with Gasteiger partial charge in [-0.05, 0) is 37.3 Å². The van der Waals surface area contributed by atoms with Gasteiger partial charge in [0.15, 0.2) is 6.61 Å². The molecule has 1 N–H and O–H groups in total. The lowest BCUT2D eigenvalue weighted by Crippen LogP contribution is -2.40. The molecule has 0 aliphatic rings. The van der Waals surface area contributed by atoms with E-state index in [1.165, 1.54) is 23.1 Å². The van der Waals surface area contributed by atoms with E-state index in [-0.39, 0.29) is 30.5 Å². The van der Waals surface area contributed by atoms with Crippen LogP contribution in [0, 0.1) is 11.6 Å². The first-order valence-corrected chi connectivity index (χ1v) is 8.67. The van der Waals surface area contributed by atoms with Crippen LogP contribution < -0.4 is 10.1 Å². The van der Waals surface area contributed by atoms with Crippen LogP contribution in [0.1, 0.15) is 6.92 Å². The number of nitrogens with zero attached hydrogens (tertiary/aromatic N) is 1. The summed E-state index contributed by atoms with van der Waals surface area (Å²) in [5, 5.41) is 2.79. The van der Waals surface area contributed by atoms with Gasteiger partial charge in [0.25, 0.3) is 5.91 Å². The predicted molar refractivity (Wildman–Crippen MR) is 99.2 cm³/mol. The molecular weight excluding hydrogens is 401 g/mol. The molecule has 2 rings (SSSR count). The number of anilines is 1. The summed E-state index contributed by atoms with van der Waals surface area (Å²) in [6.45, 7) is 1.10. The molecule has 0 heterocycles. The van der Waals surface area contributed by atoms with Crippen LogP contribution in [-0.2, 0) is 9.59 Å². The highest BCUT2D eigenvalue weighted by atomic mass is 35.5. The highest BCUT2D eigenvalue weighted by Crippen LogP contribution is 2.27. The number of hydrogen-bond donors (Lipinski definition) is 1. The Bertz CT molecular complexity index is 829. The summed E-state index contributed by atoms with van der Waals surface area (Å²) in [7, 11) is 0. The fourth-order valence-corrected chi connectivity index (χ4v) is 2.63. The molecule has 0 unspecified atom stereocenters. The molecule has 0 aliphatic heterocycles. The van der Waals surface area contributed by atoms with Crippen molar-refractivity contribution in [1.29, 1.82) is 0 Å². The van der Waals surface area contributed by atoms with Crippen molar-refractivity contribution in [2.75, 3.05) is 25.0 Å². The van der Waals surface area contributed by atoms with E-state index in [1.807, 2.05) is 0 Å². The van der Waals surface area contributed by atoms with Gasteiger partial charge in [-0.1, -0.05) is 29.3 Å². The van der Waals surface area contributed by atoms with E-state index >= 15 is 0 Å². The molecule has 2 aromatic carbocycles. The first-order valence-electron chi connectivity index (χ1n) is 7.91. The van der Waals surface area contributed by atoms with E-state index in [0.717, 1.165) is 12.1 Å². The molecule has 0 bridgehead atoms. The smallest absolute Gasteiger partial charge is 0.260 e. The topological polar surface area (TPSA) is 58.6 Å². The number of halogens is 4. The minimum Gasteiger partial charge on any atom is -0.482 e. The number of amides is 2. The maximum atomic E-state index is 13.6. The van der Waals surface area contributed by atoms with Crippen molar-refractivity contribution in [3.05, 3.63) is 58.1 Å². The SMILES string of the molecule is CCN(CC(=O)Nc1c(F)cccc1F)C(=O)COc1ccc(Cl)cc1Cl. The predicted octanol–water partition coefficient (Wildman–Crippen LogP) is 4.14. The van der Waals surface area contributed by atoms with Crippen LogP contribution in [-0.4, -0.2) is 36.4 Å². The van der Waals surface area contributed by atoms with Gasteiger partial charge in [0.1, 0.15) is 23.1 Å². The number of benzene rings is 2. The molecule has 0 radical (unpaired) electrons. The zero-order chi connectivity index (χ0) is 20.0. The minimum absolute atomic E-state index is 0.198. The summed E-state index contributed by atoms with van der Waals surface area (Å²) in [5.41, 5.74) is -0.560. The summed E-state index contributed by atoms with van der Waals surface area (Å²) >= 11 is 11.7. The molecule has 0 spiro atoms. The average molecular weight is 417 g/mol. The zero-order valence-electron chi connectivity index (χ0n) is 14.3. The van der Waals surface area contributed by atoms with Crippen molar-refractivity contribution in [3.8, 4) is 5.75 Å². The molecule has 27 heavy (non-hydrogen) atoms. The summed E-state index contributed by atoms with van der Waals surface area (Å²) < 4.78 is 32.5. The first kappa shape index (κ1) is 20.9. The summed E-state index contributed by atoms with van der Waals surface area (Å²) in [6.07, 6.45) is 0. The van der Waals surface area contributed by atoms with Gasteiger partial charge in [0.2, 0.25) is 5.91 Å². The second kappa shape index (κ2) is 9.53. The second-order valence-corrected chi connectivity index (χ2v) is 6.26. The largest absolute Gasteiger partial charge is 0.482 e. The minimum atomic E-state index is -0.904. The number of likely N-dealkylation sites (N-methyl/N-ethyl adjacent to an activating group) is 1. The Morgan fingerprint density at radius 1 is 1.15 bits per heavy atom. The molecule has 0 saturated heterocycles. The van der Waals surface area contributed by atoms with Gasteiger partial charge in [0, 0.05) is 11.6 Å². The van der Waals surface area contributed by atoms with Gasteiger partial charge in [0.05, 0.1) is 11.6 Å². The van der Waals surface area contributed by atoms with Crippen LogP contribution in [0.4, 0.5) is 14.5 Å². The van der Waals surface area contributed by atoms with E-state index in [9.17, 15) is 18.4 Å². The zero-order valence-corrected chi connectivity index (χ0v) is 15.8.